The number of ether oxygens (including phenoxy) is 3. The highest BCUT2D eigenvalue weighted by molar-refractivity contribution is 5.80. The summed E-state index contributed by atoms with van der Waals surface area (Å²) in [7, 11) is 0. The lowest BCUT2D eigenvalue weighted by atomic mass is 10.0. The lowest BCUT2D eigenvalue weighted by Crippen LogP contribution is -2.37. The molecule has 2 aromatic carbocycles. The first-order valence-electron chi connectivity index (χ1n) is 10.3. The molecule has 0 unspecified atom stereocenters. The third kappa shape index (κ3) is 8.27. The van der Waals surface area contributed by atoms with Crippen LogP contribution in [0.3, 0.4) is 0 Å². The van der Waals surface area contributed by atoms with Gasteiger partial charge in [0.25, 0.3) is 0 Å². The second-order valence-corrected chi connectivity index (χ2v) is 8.49. The Bertz CT molecular complexity index is 795. The molecule has 30 heavy (non-hydrogen) atoms. The van der Waals surface area contributed by atoms with Crippen LogP contribution in [0.15, 0.2) is 60.7 Å². The summed E-state index contributed by atoms with van der Waals surface area (Å²) in [6, 6.07) is 19.2. The van der Waals surface area contributed by atoms with Crippen LogP contribution in [0.5, 0.6) is 5.75 Å². The quantitative estimate of drug-likeness (QED) is 0.544. The highest BCUT2D eigenvalue weighted by Crippen LogP contribution is 2.19. The number of carbonyl (C=O) groups is 2. The van der Waals surface area contributed by atoms with E-state index in [0.717, 1.165) is 5.56 Å². The van der Waals surface area contributed by atoms with Gasteiger partial charge in [-0.05, 0) is 45.4 Å². The fourth-order valence-electron chi connectivity index (χ4n) is 2.92. The van der Waals surface area contributed by atoms with Gasteiger partial charge in [0.1, 0.15) is 23.6 Å². The van der Waals surface area contributed by atoms with E-state index in [9.17, 15) is 9.59 Å². The number of hydrogen-bond donors (Lipinski definition) is 0. The fraction of sp³-hybridized carbons (Fsp3) is 0.440. The molecule has 5 nitrogen and oxygen atoms in total. The Labute approximate surface area is 179 Å². The fourth-order valence-corrected chi connectivity index (χ4v) is 2.92. The van der Waals surface area contributed by atoms with Crippen LogP contribution < -0.4 is 4.74 Å². The first-order valence-corrected chi connectivity index (χ1v) is 10.3. The molecule has 0 saturated carbocycles. The van der Waals surface area contributed by atoms with Crippen LogP contribution in [-0.4, -0.2) is 29.7 Å². The third-order valence-corrected chi connectivity index (χ3v) is 4.43. The molecule has 5 heteroatoms. The number of para-hydroxylation sites is 1. The van der Waals surface area contributed by atoms with Gasteiger partial charge in [-0.25, -0.2) is 0 Å². The minimum absolute atomic E-state index is 0.0257. The SMILES string of the molecule is C[C@H](CC(=O)OC(C)(C)C)C(=O)O[C@H](Cc1ccccc1)[C@H](C)Oc1ccccc1. The Hall–Kier alpha value is -2.82. The van der Waals surface area contributed by atoms with Gasteiger partial charge in [-0.15, -0.1) is 0 Å². The molecule has 2 rings (SSSR count). The maximum atomic E-state index is 12.7. The normalized spacial score (nSPS) is 14.3. The van der Waals surface area contributed by atoms with E-state index in [2.05, 4.69) is 0 Å². The topological polar surface area (TPSA) is 61.8 Å². The Morgan fingerprint density at radius 2 is 1.47 bits per heavy atom. The molecule has 0 radical (unpaired) electrons. The largest absolute Gasteiger partial charge is 0.487 e. The van der Waals surface area contributed by atoms with Gasteiger partial charge < -0.3 is 14.2 Å². The predicted octanol–water partition coefficient (Wildman–Crippen LogP) is 4.98. The summed E-state index contributed by atoms with van der Waals surface area (Å²) in [5, 5.41) is 0. The summed E-state index contributed by atoms with van der Waals surface area (Å²) in [5.41, 5.74) is 0.452. The molecule has 0 aliphatic carbocycles. The van der Waals surface area contributed by atoms with Crippen LogP contribution in [-0.2, 0) is 25.5 Å². The molecule has 0 heterocycles. The molecular weight excluding hydrogens is 380 g/mol. The molecular formula is C25H32O5. The second-order valence-electron chi connectivity index (χ2n) is 8.49. The second kappa shape index (κ2) is 10.8. The number of carbonyl (C=O) groups excluding carboxylic acids is 2. The first-order chi connectivity index (χ1) is 14.1. The molecule has 0 bridgehead atoms. The Morgan fingerprint density at radius 1 is 0.900 bits per heavy atom. The molecule has 0 saturated heterocycles. The number of benzene rings is 2. The summed E-state index contributed by atoms with van der Waals surface area (Å²) in [4.78, 5) is 24.8. The average molecular weight is 413 g/mol. The van der Waals surface area contributed by atoms with Crippen molar-refractivity contribution in [3.05, 3.63) is 66.2 Å². The van der Waals surface area contributed by atoms with Crippen molar-refractivity contribution >= 4 is 11.9 Å². The molecule has 162 valence electrons. The highest BCUT2D eigenvalue weighted by Gasteiger charge is 2.28. The molecule has 2 aromatic rings. The first kappa shape index (κ1) is 23.5. The van der Waals surface area contributed by atoms with Gasteiger partial charge in [0.15, 0.2) is 0 Å². The summed E-state index contributed by atoms with van der Waals surface area (Å²) in [6.07, 6.45) is -0.381. The number of hydrogen-bond acceptors (Lipinski definition) is 5. The van der Waals surface area contributed by atoms with E-state index in [1.54, 1.807) is 27.7 Å². The highest BCUT2D eigenvalue weighted by atomic mass is 16.6. The van der Waals surface area contributed by atoms with Gasteiger partial charge in [-0.2, -0.15) is 0 Å². The van der Waals surface area contributed by atoms with E-state index in [4.69, 9.17) is 14.2 Å². The van der Waals surface area contributed by atoms with Crippen molar-refractivity contribution < 1.29 is 23.8 Å². The molecule has 0 amide bonds. The van der Waals surface area contributed by atoms with Crippen LogP contribution >= 0.6 is 0 Å². The van der Waals surface area contributed by atoms with Crippen molar-refractivity contribution in [3.63, 3.8) is 0 Å². The molecule has 3 atom stereocenters. The summed E-state index contributed by atoms with van der Waals surface area (Å²) in [5.74, 6) is -0.756. The van der Waals surface area contributed by atoms with Crippen molar-refractivity contribution in [1.29, 1.82) is 0 Å². The zero-order chi connectivity index (χ0) is 22.1. The molecule has 0 aliphatic rings. The van der Waals surface area contributed by atoms with Crippen molar-refractivity contribution in [2.45, 2.75) is 65.3 Å². The lowest BCUT2D eigenvalue weighted by Gasteiger charge is -2.27. The minimum Gasteiger partial charge on any atom is -0.487 e. The van der Waals surface area contributed by atoms with E-state index in [0.29, 0.717) is 12.2 Å². The molecule has 0 fully saturated rings. The van der Waals surface area contributed by atoms with E-state index >= 15 is 0 Å². The van der Waals surface area contributed by atoms with E-state index in [-0.39, 0.29) is 12.5 Å². The monoisotopic (exact) mass is 412 g/mol. The maximum Gasteiger partial charge on any atom is 0.309 e. The molecule has 0 aliphatic heterocycles. The standard InChI is InChI=1S/C25H32O5/c1-18(16-23(26)30-25(3,4)5)24(27)29-22(17-20-12-8-6-9-13-20)19(2)28-21-14-10-7-11-15-21/h6-15,18-19,22H,16-17H2,1-5H3/t18-,19+,22-/m1/s1. The van der Waals surface area contributed by atoms with Crippen LogP contribution in [0.4, 0.5) is 0 Å². The van der Waals surface area contributed by atoms with Gasteiger partial charge in [0, 0.05) is 6.42 Å². The number of esters is 2. The third-order valence-electron chi connectivity index (χ3n) is 4.43. The van der Waals surface area contributed by atoms with Crippen LogP contribution in [0.25, 0.3) is 0 Å². The van der Waals surface area contributed by atoms with Gasteiger partial charge >= 0.3 is 11.9 Å². The maximum absolute atomic E-state index is 12.7. The zero-order valence-corrected chi connectivity index (χ0v) is 18.5. The van der Waals surface area contributed by atoms with E-state index in [1.165, 1.54) is 0 Å². The zero-order valence-electron chi connectivity index (χ0n) is 18.5. The summed E-state index contributed by atoms with van der Waals surface area (Å²) >= 11 is 0. The minimum atomic E-state index is -0.609. The predicted molar refractivity (Wildman–Crippen MR) is 116 cm³/mol. The van der Waals surface area contributed by atoms with Crippen molar-refractivity contribution in [1.82, 2.24) is 0 Å². The number of rotatable bonds is 9. The molecule has 0 aromatic heterocycles. The van der Waals surface area contributed by atoms with Gasteiger partial charge in [0.2, 0.25) is 0 Å². The molecule has 0 spiro atoms. The summed E-state index contributed by atoms with van der Waals surface area (Å²) in [6.45, 7) is 8.95. The van der Waals surface area contributed by atoms with Crippen LogP contribution in [0.2, 0.25) is 0 Å². The smallest absolute Gasteiger partial charge is 0.309 e. The van der Waals surface area contributed by atoms with Gasteiger partial charge in [0.05, 0.1) is 12.3 Å². The Balaban J connectivity index is 2.05. The van der Waals surface area contributed by atoms with Crippen molar-refractivity contribution in [2.75, 3.05) is 0 Å². The van der Waals surface area contributed by atoms with E-state index in [1.807, 2.05) is 67.6 Å². The Morgan fingerprint density at radius 3 is 2.03 bits per heavy atom. The van der Waals surface area contributed by atoms with Crippen molar-refractivity contribution in [3.8, 4) is 5.75 Å². The lowest BCUT2D eigenvalue weighted by molar-refractivity contribution is -0.165. The van der Waals surface area contributed by atoms with Crippen LogP contribution in [0, 0.1) is 5.92 Å². The van der Waals surface area contributed by atoms with Crippen LogP contribution in [0.1, 0.15) is 46.6 Å². The van der Waals surface area contributed by atoms with Gasteiger partial charge in [-0.3, -0.25) is 9.59 Å². The summed E-state index contributed by atoms with van der Waals surface area (Å²) < 4.78 is 17.1. The Kier molecular flexibility index (Phi) is 8.46. The molecule has 0 N–H and O–H groups in total. The van der Waals surface area contributed by atoms with Crippen molar-refractivity contribution in [2.24, 2.45) is 5.92 Å². The van der Waals surface area contributed by atoms with E-state index < -0.39 is 29.6 Å². The average Bonchev–Trinajstić information content (AvgIpc) is 2.67. The van der Waals surface area contributed by atoms with Gasteiger partial charge in [-0.1, -0.05) is 55.5 Å².